The van der Waals surface area contributed by atoms with Gasteiger partial charge in [-0.2, -0.15) is 4.98 Å². The molecule has 0 saturated carbocycles. The Labute approximate surface area is 104 Å². The number of rotatable bonds is 3. The fourth-order valence-corrected chi connectivity index (χ4v) is 1.62. The fourth-order valence-electron chi connectivity index (χ4n) is 1.62. The van der Waals surface area contributed by atoms with Crippen LogP contribution in [-0.2, 0) is 6.42 Å². The highest BCUT2D eigenvalue weighted by atomic mass is 16.4. The molecule has 1 aromatic carbocycles. The highest BCUT2D eigenvalue weighted by molar-refractivity contribution is 5.89. The van der Waals surface area contributed by atoms with E-state index in [1.807, 2.05) is 31.2 Å². The van der Waals surface area contributed by atoms with E-state index in [9.17, 15) is 9.90 Å². The standard InChI is InChI=1S/C13H12N2O3/c1-8-4-2-3-5-9(8)6-11-14-7-10(13(17)18)12(16)15-11/h2-5,7H,6H2,1H3,(H,17,18)(H,14,15,16). The van der Waals surface area contributed by atoms with Gasteiger partial charge in [0.05, 0.1) is 0 Å². The summed E-state index contributed by atoms with van der Waals surface area (Å²) in [4.78, 5) is 18.4. The summed E-state index contributed by atoms with van der Waals surface area (Å²) in [6.07, 6.45) is 1.58. The van der Waals surface area contributed by atoms with Crippen LogP contribution in [0.3, 0.4) is 0 Å². The number of hydrogen-bond donors (Lipinski definition) is 2. The maximum absolute atomic E-state index is 10.7. The van der Waals surface area contributed by atoms with Crippen molar-refractivity contribution in [2.45, 2.75) is 13.3 Å². The molecule has 0 saturated heterocycles. The lowest BCUT2D eigenvalue weighted by Crippen LogP contribution is -2.04. The van der Waals surface area contributed by atoms with Crippen LogP contribution in [0.4, 0.5) is 0 Å². The van der Waals surface area contributed by atoms with Gasteiger partial charge in [-0.15, -0.1) is 0 Å². The average molecular weight is 244 g/mol. The third-order valence-corrected chi connectivity index (χ3v) is 2.66. The van der Waals surface area contributed by atoms with Crippen molar-refractivity contribution >= 4 is 5.97 Å². The second-order valence-corrected chi connectivity index (χ2v) is 3.93. The van der Waals surface area contributed by atoms with Crippen LogP contribution in [0.2, 0.25) is 0 Å². The molecule has 0 unspecified atom stereocenters. The predicted octanol–water partition coefficient (Wildman–Crippen LogP) is 1.78. The van der Waals surface area contributed by atoms with Crippen molar-refractivity contribution < 1.29 is 15.0 Å². The Morgan fingerprint density at radius 3 is 2.67 bits per heavy atom. The van der Waals surface area contributed by atoms with E-state index in [-0.39, 0.29) is 5.56 Å². The Balaban J connectivity index is 2.29. The van der Waals surface area contributed by atoms with Crippen LogP contribution in [0, 0.1) is 6.92 Å². The lowest BCUT2D eigenvalue weighted by Gasteiger charge is -2.05. The molecule has 2 aromatic rings. The number of carboxylic acids is 1. The molecule has 0 aliphatic rings. The average Bonchev–Trinajstić information content (AvgIpc) is 2.32. The summed E-state index contributed by atoms with van der Waals surface area (Å²) in [5.74, 6) is -1.34. The molecule has 0 amide bonds. The first-order chi connectivity index (χ1) is 8.58. The lowest BCUT2D eigenvalue weighted by atomic mass is 10.1. The number of aromatic hydroxyl groups is 1. The molecule has 1 heterocycles. The number of nitrogens with zero attached hydrogens (tertiary/aromatic N) is 2. The molecule has 2 rings (SSSR count). The summed E-state index contributed by atoms with van der Waals surface area (Å²) in [5.41, 5.74) is 1.85. The quantitative estimate of drug-likeness (QED) is 0.859. The molecule has 5 heteroatoms. The second-order valence-electron chi connectivity index (χ2n) is 3.93. The van der Waals surface area contributed by atoms with E-state index in [1.165, 1.54) is 0 Å². The summed E-state index contributed by atoms with van der Waals surface area (Å²) < 4.78 is 0. The van der Waals surface area contributed by atoms with Crippen LogP contribution < -0.4 is 0 Å². The van der Waals surface area contributed by atoms with Crippen molar-refractivity contribution in [3.63, 3.8) is 0 Å². The zero-order chi connectivity index (χ0) is 13.1. The molecule has 0 aliphatic carbocycles. The molecule has 2 N–H and O–H groups in total. The van der Waals surface area contributed by atoms with Crippen molar-refractivity contribution in [3.05, 3.63) is 53.0 Å². The van der Waals surface area contributed by atoms with Gasteiger partial charge in [0.1, 0.15) is 11.4 Å². The first-order valence-corrected chi connectivity index (χ1v) is 5.40. The van der Waals surface area contributed by atoms with Gasteiger partial charge in [-0.25, -0.2) is 9.78 Å². The highest BCUT2D eigenvalue weighted by Crippen LogP contribution is 2.15. The van der Waals surface area contributed by atoms with Gasteiger partial charge in [0.25, 0.3) is 0 Å². The van der Waals surface area contributed by atoms with Gasteiger partial charge >= 0.3 is 5.97 Å². The summed E-state index contributed by atoms with van der Waals surface area (Å²) in [6.45, 7) is 1.97. The Hall–Kier alpha value is -2.43. The van der Waals surface area contributed by atoms with Gasteiger partial charge in [-0.05, 0) is 18.1 Å². The molecule has 0 radical (unpaired) electrons. The van der Waals surface area contributed by atoms with E-state index in [1.54, 1.807) is 0 Å². The molecular formula is C13H12N2O3. The normalized spacial score (nSPS) is 10.3. The van der Waals surface area contributed by atoms with Gasteiger partial charge in [-0.3, -0.25) is 0 Å². The molecule has 18 heavy (non-hydrogen) atoms. The van der Waals surface area contributed by atoms with Crippen molar-refractivity contribution in [2.75, 3.05) is 0 Å². The van der Waals surface area contributed by atoms with Crippen molar-refractivity contribution in [2.24, 2.45) is 0 Å². The number of benzene rings is 1. The van der Waals surface area contributed by atoms with Crippen LogP contribution in [0.25, 0.3) is 0 Å². The largest absolute Gasteiger partial charge is 0.493 e. The molecule has 0 aliphatic heterocycles. The van der Waals surface area contributed by atoms with Crippen LogP contribution in [0.1, 0.15) is 27.3 Å². The molecule has 92 valence electrons. The number of hydrogen-bond acceptors (Lipinski definition) is 4. The summed E-state index contributed by atoms with van der Waals surface area (Å²) >= 11 is 0. The first-order valence-electron chi connectivity index (χ1n) is 5.40. The van der Waals surface area contributed by atoms with E-state index < -0.39 is 11.8 Å². The predicted molar refractivity (Wildman–Crippen MR) is 64.6 cm³/mol. The Kier molecular flexibility index (Phi) is 3.23. The summed E-state index contributed by atoms with van der Waals surface area (Å²) in [7, 11) is 0. The van der Waals surface area contributed by atoms with Crippen LogP contribution in [0.15, 0.2) is 30.5 Å². The minimum absolute atomic E-state index is 0.288. The third-order valence-electron chi connectivity index (χ3n) is 2.66. The SMILES string of the molecule is Cc1ccccc1Cc1ncc(C(=O)O)c(O)n1. The Morgan fingerprint density at radius 1 is 1.33 bits per heavy atom. The van der Waals surface area contributed by atoms with E-state index in [2.05, 4.69) is 9.97 Å². The number of carbonyl (C=O) groups is 1. The molecule has 0 atom stereocenters. The summed E-state index contributed by atoms with van der Waals surface area (Å²) in [5, 5.41) is 18.2. The third kappa shape index (κ3) is 2.45. The topological polar surface area (TPSA) is 83.3 Å². The van der Waals surface area contributed by atoms with Crippen molar-refractivity contribution in [1.82, 2.24) is 9.97 Å². The zero-order valence-electron chi connectivity index (χ0n) is 9.79. The van der Waals surface area contributed by atoms with Gasteiger partial charge in [-0.1, -0.05) is 24.3 Å². The van der Waals surface area contributed by atoms with Gasteiger partial charge in [0, 0.05) is 12.6 Å². The number of aryl methyl sites for hydroxylation is 1. The summed E-state index contributed by atoms with van der Waals surface area (Å²) in [6, 6.07) is 7.76. The molecule has 0 bridgehead atoms. The van der Waals surface area contributed by atoms with Gasteiger partial charge in [0.2, 0.25) is 5.88 Å². The van der Waals surface area contributed by atoms with E-state index in [4.69, 9.17) is 5.11 Å². The van der Waals surface area contributed by atoms with E-state index in [0.717, 1.165) is 17.3 Å². The van der Waals surface area contributed by atoms with Gasteiger partial charge < -0.3 is 10.2 Å². The Bertz CT molecular complexity index is 597. The minimum atomic E-state index is -1.24. The minimum Gasteiger partial charge on any atom is -0.493 e. The number of aromatic carboxylic acids is 1. The molecule has 5 nitrogen and oxygen atoms in total. The molecule has 0 spiro atoms. The number of aromatic nitrogens is 2. The molecule has 0 fully saturated rings. The van der Waals surface area contributed by atoms with Crippen molar-refractivity contribution in [1.29, 1.82) is 0 Å². The molecule has 1 aromatic heterocycles. The van der Waals surface area contributed by atoms with Gasteiger partial charge in [0.15, 0.2) is 0 Å². The van der Waals surface area contributed by atoms with E-state index >= 15 is 0 Å². The van der Waals surface area contributed by atoms with Crippen molar-refractivity contribution in [3.8, 4) is 5.88 Å². The zero-order valence-corrected chi connectivity index (χ0v) is 9.79. The first kappa shape index (κ1) is 12.0. The molecular weight excluding hydrogens is 232 g/mol. The highest BCUT2D eigenvalue weighted by Gasteiger charge is 2.13. The monoisotopic (exact) mass is 244 g/mol. The Morgan fingerprint density at radius 2 is 2.06 bits per heavy atom. The second kappa shape index (κ2) is 4.83. The fraction of sp³-hybridized carbons (Fsp3) is 0.154. The smallest absolute Gasteiger partial charge is 0.342 e. The number of carboxylic acid groups (broad SMARTS) is 1. The van der Waals surface area contributed by atoms with Crippen LogP contribution in [0.5, 0.6) is 5.88 Å². The van der Waals surface area contributed by atoms with Crippen LogP contribution >= 0.6 is 0 Å². The maximum Gasteiger partial charge on any atom is 0.342 e. The van der Waals surface area contributed by atoms with Crippen LogP contribution in [-0.4, -0.2) is 26.2 Å². The maximum atomic E-state index is 10.7. The lowest BCUT2D eigenvalue weighted by molar-refractivity contribution is 0.0692. The van der Waals surface area contributed by atoms with E-state index in [0.29, 0.717) is 12.2 Å².